The van der Waals surface area contributed by atoms with Gasteiger partial charge in [0.15, 0.2) is 6.10 Å². The number of carbonyl (C=O) groups excluding carboxylic acids is 2. The van der Waals surface area contributed by atoms with Crippen molar-refractivity contribution in [3.63, 3.8) is 0 Å². The minimum atomic E-state index is -0.799. The van der Waals surface area contributed by atoms with E-state index >= 15 is 0 Å². The van der Waals surface area contributed by atoms with Crippen molar-refractivity contribution in [3.8, 4) is 0 Å². The van der Waals surface area contributed by atoms with Gasteiger partial charge in [-0.15, -0.1) is 0 Å². The van der Waals surface area contributed by atoms with Crippen LogP contribution in [0, 0.1) is 0 Å². The second-order valence-corrected chi connectivity index (χ2v) is 12.0. The summed E-state index contributed by atoms with van der Waals surface area (Å²) in [6, 6.07) is 0. The highest BCUT2D eigenvalue weighted by Gasteiger charge is 2.15. The Morgan fingerprint density at radius 3 is 1.42 bits per heavy atom. The first-order valence-corrected chi connectivity index (χ1v) is 18.3. The third-order valence-electron chi connectivity index (χ3n) is 7.58. The molecule has 0 aromatic carbocycles. The Kier molecular flexibility index (Phi) is 34.1. The van der Waals surface area contributed by atoms with E-state index in [1.165, 1.54) is 83.5 Å². The third kappa shape index (κ3) is 34.3. The summed E-state index contributed by atoms with van der Waals surface area (Å²) in [5, 5.41) is 9.51. The van der Waals surface area contributed by atoms with Gasteiger partial charge < -0.3 is 14.6 Å². The van der Waals surface area contributed by atoms with Gasteiger partial charge in [0, 0.05) is 12.8 Å². The maximum absolute atomic E-state index is 12.1. The van der Waals surface area contributed by atoms with Crippen LogP contribution in [0.3, 0.4) is 0 Å². The number of rotatable bonds is 32. The van der Waals surface area contributed by atoms with Crippen LogP contribution < -0.4 is 0 Å². The molecule has 0 amide bonds. The molecule has 1 unspecified atom stereocenters. The number of aliphatic hydroxyl groups is 1. The highest BCUT2D eigenvalue weighted by Crippen LogP contribution is 2.13. The minimum absolute atomic E-state index is 0.106. The molecule has 0 heterocycles. The summed E-state index contributed by atoms with van der Waals surface area (Å²) < 4.78 is 10.5. The molecule has 0 saturated carbocycles. The van der Waals surface area contributed by atoms with Gasteiger partial charge in [0.25, 0.3) is 0 Å². The van der Waals surface area contributed by atoms with Gasteiger partial charge in [0.2, 0.25) is 0 Å². The predicted molar refractivity (Wildman–Crippen MR) is 191 cm³/mol. The zero-order valence-corrected chi connectivity index (χ0v) is 29.1. The standard InChI is InChI=1S/C40H68O5/c1-3-5-7-9-11-13-15-17-18-19-20-21-22-23-25-26-28-30-32-34-39(42)44-37-38(36-41)45-40(43)35-33-31-29-27-24-16-14-12-10-8-6-4-2/h11,13,17-18,20-21,23,25,28,30,38,41H,3-10,12,14-16,19,22,24,26-27,29,31-37H2,1-2H3. The van der Waals surface area contributed by atoms with Gasteiger partial charge in [-0.2, -0.15) is 0 Å². The Morgan fingerprint density at radius 1 is 0.511 bits per heavy atom. The molecule has 0 aromatic heterocycles. The maximum atomic E-state index is 12.1. The van der Waals surface area contributed by atoms with Crippen LogP contribution in [-0.4, -0.2) is 36.4 Å². The summed E-state index contributed by atoms with van der Waals surface area (Å²) in [4.78, 5) is 24.1. The number of ether oxygens (including phenoxy) is 2. The van der Waals surface area contributed by atoms with Crippen LogP contribution in [0.4, 0.5) is 0 Å². The van der Waals surface area contributed by atoms with Crippen molar-refractivity contribution in [2.75, 3.05) is 13.2 Å². The molecule has 1 atom stereocenters. The molecular weight excluding hydrogens is 560 g/mol. The quantitative estimate of drug-likeness (QED) is 0.0456. The van der Waals surface area contributed by atoms with Crippen molar-refractivity contribution < 1.29 is 24.2 Å². The van der Waals surface area contributed by atoms with Gasteiger partial charge in [-0.25, -0.2) is 0 Å². The fraction of sp³-hybridized carbons (Fsp3) is 0.700. The van der Waals surface area contributed by atoms with Crippen LogP contribution in [0.2, 0.25) is 0 Å². The molecule has 0 radical (unpaired) electrons. The zero-order chi connectivity index (χ0) is 32.9. The first-order chi connectivity index (χ1) is 22.1. The van der Waals surface area contributed by atoms with Gasteiger partial charge in [-0.1, -0.05) is 158 Å². The smallest absolute Gasteiger partial charge is 0.306 e. The predicted octanol–water partition coefficient (Wildman–Crippen LogP) is 11.2. The second-order valence-electron chi connectivity index (χ2n) is 12.0. The minimum Gasteiger partial charge on any atom is -0.462 e. The summed E-state index contributed by atoms with van der Waals surface area (Å²) >= 11 is 0. The summed E-state index contributed by atoms with van der Waals surface area (Å²) in [6.45, 7) is 4.02. The molecule has 0 aliphatic carbocycles. The summed E-state index contributed by atoms with van der Waals surface area (Å²) in [5.74, 6) is -0.690. The van der Waals surface area contributed by atoms with Crippen LogP contribution in [0.25, 0.3) is 0 Å². The Balaban J connectivity index is 3.73. The van der Waals surface area contributed by atoms with E-state index in [0.717, 1.165) is 44.9 Å². The molecule has 0 saturated heterocycles. The number of allylic oxidation sites excluding steroid dienone is 10. The molecule has 0 rings (SSSR count). The van der Waals surface area contributed by atoms with E-state index in [0.29, 0.717) is 12.8 Å². The molecule has 5 nitrogen and oxygen atoms in total. The second kappa shape index (κ2) is 36.1. The lowest BCUT2D eigenvalue weighted by atomic mass is 10.0. The van der Waals surface area contributed by atoms with Crippen LogP contribution in [0.15, 0.2) is 60.8 Å². The lowest BCUT2D eigenvalue weighted by molar-refractivity contribution is -0.161. The number of carbonyl (C=O) groups is 2. The van der Waals surface area contributed by atoms with Gasteiger partial charge >= 0.3 is 11.9 Å². The lowest BCUT2D eigenvalue weighted by Crippen LogP contribution is -2.28. The summed E-state index contributed by atoms with van der Waals surface area (Å²) in [7, 11) is 0. The summed E-state index contributed by atoms with van der Waals surface area (Å²) in [6.07, 6.45) is 45.7. The molecule has 258 valence electrons. The Hall–Kier alpha value is -2.40. The largest absolute Gasteiger partial charge is 0.462 e. The van der Waals surface area contributed by atoms with Crippen molar-refractivity contribution in [2.45, 2.75) is 168 Å². The normalized spacial score (nSPS) is 12.9. The number of unbranched alkanes of at least 4 members (excludes halogenated alkanes) is 14. The molecule has 5 heteroatoms. The molecule has 0 bridgehead atoms. The van der Waals surface area contributed by atoms with Gasteiger partial charge in [-0.05, 0) is 51.4 Å². The average molecular weight is 629 g/mol. The van der Waals surface area contributed by atoms with Crippen molar-refractivity contribution >= 4 is 11.9 Å². The molecule has 1 N–H and O–H groups in total. The number of hydrogen-bond donors (Lipinski definition) is 1. The van der Waals surface area contributed by atoms with E-state index in [2.05, 4.69) is 62.5 Å². The summed E-state index contributed by atoms with van der Waals surface area (Å²) in [5.41, 5.74) is 0. The third-order valence-corrected chi connectivity index (χ3v) is 7.58. The van der Waals surface area contributed by atoms with Gasteiger partial charge in [0.1, 0.15) is 6.61 Å². The Labute approximate surface area is 277 Å². The first kappa shape index (κ1) is 42.6. The van der Waals surface area contributed by atoms with Gasteiger partial charge in [0.05, 0.1) is 6.61 Å². The van der Waals surface area contributed by atoms with E-state index in [-0.39, 0.29) is 31.6 Å². The monoisotopic (exact) mass is 629 g/mol. The van der Waals surface area contributed by atoms with E-state index in [1.54, 1.807) is 0 Å². The maximum Gasteiger partial charge on any atom is 0.306 e. The van der Waals surface area contributed by atoms with Crippen molar-refractivity contribution in [3.05, 3.63) is 60.8 Å². The molecule has 0 fully saturated rings. The highest BCUT2D eigenvalue weighted by atomic mass is 16.6. The molecule has 0 spiro atoms. The van der Waals surface area contributed by atoms with Crippen LogP contribution in [-0.2, 0) is 19.1 Å². The zero-order valence-electron chi connectivity index (χ0n) is 29.1. The van der Waals surface area contributed by atoms with Crippen molar-refractivity contribution in [2.24, 2.45) is 0 Å². The molecule has 0 aliphatic rings. The van der Waals surface area contributed by atoms with Gasteiger partial charge in [-0.3, -0.25) is 9.59 Å². The van der Waals surface area contributed by atoms with Crippen LogP contribution >= 0.6 is 0 Å². The molecular formula is C40H68O5. The average Bonchev–Trinajstić information content (AvgIpc) is 3.04. The Bertz CT molecular complexity index is 808. The van der Waals surface area contributed by atoms with Crippen LogP contribution in [0.1, 0.15) is 162 Å². The number of esters is 2. The topological polar surface area (TPSA) is 72.8 Å². The van der Waals surface area contributed by atoms with Crippen molar-refractivity contribution in [1.29, 1.82) is 0 Å². The van der Waals surface area contributed by atoms with E-state index in [9.17, 15) is 14.7 Å². The van der Waals surface area contributed by atoms with E-state index in [1.807, 2.05) is 12.2 Å². The molecule has 45 heavy (non-hydrogen) atoms. The molecule has 0 aromatic rings. The van der Waals surface area contributed by atoms with Crippen molar-refractivity contribution in [1.82, 2.24) is 0 Å². The highest BCUT2D eigenvalue weighted by molar-refractivity contribution is 5.70. The van der Waals surface area contributed by atoms with E-state index < -0.39 is 6.10 Å². The van der Waals surface area contributed by atoms with E-state index in [4.69, 9.17) is 9.47 Å². The lowest BCUT2D eigenvalue weighted by Gasteiger charge is -2.15. The molecule has 0 aliphatic heterocycles. The Morgan fingerprint density at radius 2 is 0.933 bits per heavy atom. The fourth-order valence-electron chi connectivity index (χ4n) is 4.77. The fourth-order valence-corrected chi connectivity index (χ4v) is 4.77. The SMILES string of the molecule is CCCCCC=CCC=CCC=CCC=CCC=CCCC(=O)OCC(CO)OC(=O)CCCCCCCCCCCCCC. The first-order valence-electron chi connectivity index (χ1n) is 18.3. The van der Waals surface area contributed by atoms with Crippen LogP contribution in [0.5, 0.6) is 0 Å². The number of aliphatic hydroxyl groups excluding tert-OH is 1. The number of hydrogen-bond acceptors (Lipinski definition) is 5.